The van der Waals surface area contributed by atoms with E-state index in [4.69, 9.17) is 14.5 Å². The highest BCUT2D eigenvalue weighted by Crippen LogP contribution is 2.46. The number of imide groups is 1. The van der Waals surface area contributed by atoms with Crippen LogP contribution in [0.4, 0.5) is 26.9 Å². The number of likely N-dealkylation sites (N-methyl/N-ethyl adjacent to an activating group) is 1. The van der Waals surface area contributed by atoms with Crippen molar-refractivity contribution in [3.05, 3.63) is 65.9 Å². The molecule has 17 heteroatoms. The molecule has 1 unspecified atom stereocenters. The van der Waals surface area contributed by atoms with Crippen molar-refractivity contribution in [2.75, 3.05) is 28.7 Å². The number of ether oxygens (including phenoxy) is 2. The molecule has 5 heterocycles. The summed E-state index contributed by atoms with van der Waals surface area (Å²) in [7, 11) is 1.44. The third-order valence-corrected chi connectivity index (χ3v) is 9.14. The van der Waals surface area contributed by atoms with Crippen LogP contribution in [-0.2, 0) is 30.4 Å². The highest BCUT2D eigenvalue weighted by molar-refractivity contribution is 6.13. The number of aromatic nitrogens is 6. The average molecular weight is 711 g/mol. The lowest BCUT2D eigenvalue weighted by atomic mass is 10.1. The van der Waals surface area contributed by atoms with Crippen LogP contribution in [-0.4, -0.2) is 84.0 Å². The third-order valence-electron chi connectivity index (χ3n) is 9.14. The lowest BCUT2D eigenvalue weighted by Crippen LogP contribution is -2.36. The molecule has 2 saturated carbocycles. The summed E-state index contributed by atoms with van der Waals surface area (Å²) in [6, 6.07) is 4.65. The second-order valence-corrected chi connectivity index (χ2v) is 13.6. The lowest BCUT2D eigenvalue weighted by Gasteiger charge is -2.23. The topological polar surface area (TPSA) is 194 Å². The molecule has 270 valence electrons. The van der Waals surface area contributed by atoms with Crippen molar-refractivity contribution in [3.63, 3.8) is 0 Å². The monoisotopic (exact) mass is 710 g/mol. The molecule has 4 aromatic rings. The van der Waals surface area contributed by atoms with E-state index in [9.17, 15) is 24.0 Å². The van der Waals surface area contributed by atoms with E-state index in [-0.39, 0.29) is 48.4 Å². The van der Waals surface area contributed by atoms with E-state index in [2.05, 4.69) is 25.3 Å². The largest absolute Gasteiger partial charge is 0.425 e. The van der Waals surface area contributed by atoms with Gasteiger partial charge in [-0.1, -0.05) is 13.8 Å². The molecule has 0 aromatic carbocycles. The molecule has 0 spiro atoms. The van der Waals surface area contributed by atoms with E-state index in [1.54, 1.807) is 36.7 Å². The van der Waals surface area contributed by atoms with Crippen LogP contribution in [0.3, 0.4) is 0 Å². The molecule has 4 aromatic heterocycles. The maximum Gasteiger partial charge on any atom is 0.418 e. The Balaban J connectivity index is 1.17. The molecule has 7 rings (SSSR count). The van der Waals surface area contributed by atoms with Crippen LogP contribution < -0.4 is 15.1 Å². The molecule has 1 N–H and O–H groups in total. The number of fused-ring (bicyclic) bond motifs is 1. The Morgan fingerprint density at radius 3 is 2.52 bits per heavy atom. The first-order valence-electron chi connectivity index (χ1n) is 17.1. The summed E-state index contributed by atoms with van der Waals surface area (Å²) in [5.41, 5.74) is 3.10. The molecular formula is C35H38N10O7. The fraction of sp³-hybridized carbons (Fsp3) is 0.429. The fourth-order valence-corrected chi connectivity index (χ4v) is 5.98. The van der Waals surface area contributed by atoms with Crippen LogP contribution in [0, 0.1) is 18.8 Å². The zero-order valence-electron chi connectivity index (χ0n) is 29.3. The molecule has 0 bridgehead atoms. The van der Waals surface area contributed by atoms with Gasteiger partial charge in [-0.05, 0) is 49.8 Å². The van der Waals surface area contributed by atoms with E-state index >= 15 is 0 Å². The van der Waals surface area contributed by atoms with Gasteiger partial charge in [0.05, 0.1) is 23.8 Å². The van der Waals surface area contributed by atoms with Gasteiger partial charge in [0.25, 0.3) is 0 Å². The average Bonchev–Trinajstić information content (AvgIpc) is 4.04. The van der Waals surface area contributed by atoms with Gasteiger partial charge < -0.3 is 19.2 Å². The van der Waals surface area contributed by atoms with Crippen molar-refractivity contribution in [3.8, 4) is 0 Å². The Labute approximate surface area is 298 Å². The molecule has 0 radical (unpaired) electrons. The van der Waals surface area contributed by atoms with Gasteiger partial charge in [0.2, 0.25) is 18.1 Å². The van der Waals surface area contributed by atoms with Gasteiger partial charge in [0, 0.05) is 56.2 Å². The van der Waals surface area contributed by atoms with Crippen molar-refractivity contribution in [1.82, 2.24) is 34.2 Å². The van der Waals surface area contributed by atoms with Crippen molar-refractivity contribution in [1.29, 1.82) is 0 Å². The first kappa shape index (κ1) is 34.4. The second kappa shape index (κ2) is 13.6. The number of urea groups is 1. The number of esters is 1. The quantitative estimate of drug-likeness (QED) is 0.134. The second-order valence-electron chi connectivity index (χ2n) is 13.6. The fourth-order valence-electron chi connectivity index (χ4n) is 5.98. The van der Waals surface area contributed by atoms with Gasteiger partial charge in [0.15, 0.2) is 5.65 Å². The van der Waals surface area contributed by atoms with E-state index < -0.39 is 30.3 Å². The highest BCUT2D eigenvalue weighted by atomic mass is 16.7. The minimum absolute atomic E-state index is 0.0740. The number of carbonyl (C=O) groups excluding carboxylic acids is 5. The maximum atomic E-state index is 13.8. The molecule has 17 nitrogen and oxygen atoms in total. The molecule has 3 fully saturated rings. The number of imidazole rings is 1. The number of rotatable bonds is 11. The van der Waals surface area contributed by atoms with Crippen molar-refractivity contribution in [2.45, 2.75) is 71.6 Å². The zero-order chi connectivity index (χ0) is 36.8. The third kappa shape index (κ3) is 7.11. The number of hydrogen-bond donors (Lipinski definition) is 1. The standard InChI is InChI=1S/C35H38N10O7/c1-18(2)33(48)51-20(4)52-35(50)45(28-12-27(37-17-38-28)41-32(47)25-11-24(25)30-36-9-8-19(3)39-30)15-23-14-43-13-22(21-6-7-21)10-26(31(43)40-23)44-16-29(46)42(5)34(44)49/h8-10,12-14,17-18,20-21,24-25H,6-7,11,15-16H2,1-5H3,(H,37,38,41,47)/t20?,24-,25-/m0/s1. The summed E-state index contributed by atoms with van der Waals surface area (Å²) in [4.78, 5) is 90.3. The van der Waals surface area contributed by atoms with Crippen LogP contribution in [0.5, 0.6) is 0 Å². The summed E-state index contributed by atoms with van der Waals surface area (Å²) in [6.45, 7) is 6.32. The number of pyridine rings is 1. The van der Waals surface area contributed by atoms with Crippen LogP contribution in [0.2, 0.25) is 0 Å². The van der Waals surface area contributed by atoms with Crippen molar-refractivity contribution < 1.29 is 33.4 Å². The summed E-state index contributed by atoms with van der Waals surface area (Å²) >= 11 is 0. The summed E-state index contributed by atoms with van der Waals surface area (Å²) < 4.78 is 12.6. The van der Waals surface area contributed by atoms with Crippen LogP contribution in [0.1, 0.15) is 74.6 Å². The number of amides is 5. The SMILES string of the molecule is Cc1ccnc([C@H]2C[C@@H]2C(=O)Nc2cc(N(Cc3cn4cc(C5CC5)cc(N5CC(=O)N(C)C5=O)c4n3)C(=O)OC(C)OC(=O)C(C)C)ncn2)n1. The molecule has 3 atom stereocenters. The van der Waals surface area contributed by atoms with Gasteiger partial charge >= 0.3 is 18.1 Å². The van der Waals surface area contributed by atoms with E-state index in [1.165, 1.54) is 36.2 Å². The first-order valence-corrected chi connectivity index (χ1v) is 17.1. The van der Waals surface area contributed by atoms with E-state index in [0.29, 0.717) is 35.2 Å². The predicted octanol–water partition coefficient (Wildman–Crippen LogP) is 3.93. The summed E-state index contributed by atoms with van der Waals surface area (Å²) in [5, 5.41) is 2.81. The number of hydrogen-bond acceptors (Lipinski definition) is 12. The Morgan fingerprint density at radius 1 is 1.04 bits per heavy atom. The molecule has 52 heavy (non-hydrogen) atoms. The number of nitrogens with zero attached hydrogens (tertiary/aromatic N) is 9. The Bertz CT molecular complexity index is 2100. The van der Waals surface area contributed by atoms with E-state index in [0.717, 1.165) is 29.0 Å². The van der Waals surface area contributed by atoms with Gasteiger partial charge in [-0.2, -0.15) is 0 Å². The van der Waals surface area contributed by atoms with Gasteiger partial charge in [0.1, 0.15) is 30.3 Å². The van der Waals surface area contributed by atoms with Crippen molar-refractivity contribution >= 4 is 52.9 Å². The van der Waals surface area contributed by atoms with Crippen LogP contribution in [0.15, 0.2) is 43.1 Å². The number of anilines is 3. The van der Waals surface area contributed by atoms with Gasteiger partial charge in [-0.3, -0.25) is 29.1 Å². The Morgan fingerprint density at radius 2 is 1.83 bits per heavy atom. The van der Waals surface area contributed by atoms with Crippen molar-refractivity contribution in [2.24, 2.45) is 11.8 Å². The highest BCUT2D eigenvalue weighted by Gasteiger charge is 2.46. The lowest BCUT2D eigenvalue weighted by molar-refractivity contribution is -0.168. The summed E-state index contributed by atoms with van der Waals surface area (Å²) in [6.07, 6.45) is 6.99. The Kier molecular flexibility index (Phi) is 9.02. The van der Waals surface area contributed by atoms with Gasteiger partial charge in [-0.25, -0.2) is 34.5 Å². The first-order chi connectivity index (χ1) is 24.9. The predicted molar refractivity (Wildman–Crippen MR) is 184 cm³/mol. The molecule has 3 aliphatic rings. The van der Waals surface area contributed by atoms with Crippen LogP contribution in [0.25, 0.3) is 5.65 Å². The van der Waals surface area contributed by atoms with Crippen LogP contribution >= 0.6 is 0 Å². The number of nitrogens with one attached hydrogen (secondary N) is 1. The molecule has 5 amide bonds. The molecular weight excluding hydrogens is 672 g/mol. The molecule has 1 aliphatic heterocycles. The number of carbonyl (C=O) groups is 5. The smallest absolute Gasteiger partial charge is 0.418 e. The number of aryl methyl sites for hydroxylation is 1. The molecule has 2 aliphatic carbocycles. The minimum Gasteiger partial charge on any atom is -0.425 e. The van der Waals surface area contributed by atoms with E-state index in [1.807, 2.05) is 19.2 Å². The van der Waals surface area contributed by atoms with Gasteiger partial charge in [-0.15, -0.1) is 0 Å². The Hall–Kier alpha value is -6.00. The summed E-state index contributed by atoms with van der Waals surface area (Å²) in [5.74, 6) is -0.902. The maximum absolute atomic E-state index is 13.8. The zero-order valence-corrected chi connectivity index (χ0v) is 29.3. The molecule has 1 saturated heterocycles. The minimum atomic E-state index is -1.23. The normalized spacial score (nSPS) is 18.9.